The lowest BCUT2D eigenvalue weighted by Crippen LogP contribution is -2.09. The van der Waals surface area contributed by atoms with E-state index < -0.39 is 0 Å². The lowest BCUT2D eigenvalue weighted by Gasteiger charge is -2.00. The van der Waals surface area contributed by atoms with E-state index in [1.54, 1.807) is 11.8 Å². The zero-order valence-electron chi connectivity index (χ0n) is 4.87. The molecule has 0 saturated carbocycles. The van der Waals surface area contributed by atoms with Gasteiger partial charge in [0.05, 0.1) is 0 Å². The molecule has 0 aromatic rings. The van der Waals surface area contributed by atoms with Crippen LogP contribution in [0.5, 0.6) is 0 Å². The van der Waals surface area contributed by atoms with Gasteiger partial charge in [0.1, 0.15) is 5.50 Å². The van der Waals surface area contributed by atoms with E-state index in [2.05, 4.69) is 11.9 Å². The molecule has 2 unspecified atom stereocenters. The second kappa shape index (κ2) is 2.51. The topological polar surface area (TPSA) is 38.4 Å². The quantitative estimate of drug-likeness (QED) is 0.571. The van der Waals surface area contributed by atoms with Gasteiger partial charge in [0.2, 0.25) is 0 Å². The van der Waals surface area contributed by atoms with Crippen molar-refractivity contribution in [2.45, 2.75) is 24.1 Å². The van der Waals surface area contributed by atoms with E-state index in [4.69, 9.17) is 5.73 Å². The molecule has 0 aliphatic carbocycles. The second-order valence-electron chi connectivity index (χ2n) is 1.77. The van der Waals surface area contributed by atoms with Gasteiger partial charge < -0.3 is 5.73 Å². The molecule has 0 bridgehead atoms. The molecule has 3 heteroatoms. The van der Waals surface area contributed by atoms with Crippen molar-refractivity contribution in [1.29, 1.82) is 0 Å². The first-order valence-electron chi connectivity index (χ1n) is 2.77. The van der Waals surface area contributed by atoms with Gasteiger partial charge in [0.15, 0.2) is 0 Å². The highest BCUT2D eigenvalue weighted by molar-refractivity contribution is 8.01. The van der Waals surface area contributed by atoms with Crippen molar-refractivity contribution in [2.24, 2.45) is 10.7 Å². The molecule has 1 heterocycles. The van der Waals surface area contributed by atoms with Crippen LogP contribution < -0.4 is 5.73 Å². The Balaban J connectivity index is 2.34. The van der Waals surface area contributed by atoms with Crippen LogP contribution in [0.3, 0.4) is 0 Å². The van der Waals surface area contributed by atoms with Gasteiger partial charge >= 0.3 is 0 Å². The zero-order chi connectivity index (χ0) is 5.98. The Morgan fingerprint density at radius 1 is 1.88 bits per heavy atom. The monoisotopic (exact) mass is 130 g/mol. The predicted octanol–water partition coefficient (Wildman–Crippen LogP) is 0.825. The minimum absolute atomic E-state index is 0.0138. The maximum atomic E-state index is 5.47. The number of rotatable bonds is 1. The summed E-state index contributed by atoms with van der Waals surface area (Å²) in [5.41, 5.74) is 5.48. The van der Waals surface area contributed by atoms with Crippen LogP contribution in [-0.4, -0.2) is 17.0 Å². The van der Waals surface area contributed by atoms with Crippen LogP contribution in [0.2, 0.25) is 0 Å². The summed E-state index contributed by atoms with van der Waals surface area (Å²) in [6, 6.07) is 0. The van der Waals surface area contributed by atoms with Gasteiger partial charge in [-0.2, -0.15) is 0 Å². The number of hydrogen-bond acceptors (Lipinski definition) is 3. The Hall–Kier alpha value is -0.0200. The third-order valence-corrected chi connectivity index (χ3v) is 2.32. The highest BCUT2D eigenvalue weighted by Crippen LogP contribution is 2.21. The van der Waals surface area contributed by atoms with Crippen molar-refractivity contribution in [1.82, 2.24) is 0 Å². The van der Waals surface area contributed by atoms with E-state index >= 15 is 0 Å². The summed E-state index contributed by atoms with van der Waals surface area (Å²) in [5.74, 6) is 0. The molecule has 1 aliphatic heterocycles. The summed E-state index contributed by atoms with van der Waals surface area (Å²) in [6.45, 7) is 2.14. The van der Waals surface area contributed by atoms with E-state index in [-0.39, 0.29) is 5.50 Å². The lowest BCUT2D eigenvalue weighted by molar-refractivity contribution is 1.01. The third-order valence-electron chi connectivity index (χ3n) is 1.12. The third kappa shape index (κ3) is 1.23. The fourth-order valence-corrected chi connectivity index (χ4v) is 1.46. The molecule has 2 nitrogen and oxygen atoms in total. The van der Waals surface area contributed by atoms with E-state index in [1.165, 1.54) is 0 Å². The largest absolute Gasteiger partial charge is 0.301 e. The molecule has 1 rings (SSSR count). The van der Waals surface area contributed by atoms with Gasteiger partial charge in [-0.15, -0.1) is 11.8 Å². The zero-order valence-corrected chi connectivity index (χ0v) is 5.69. The SMILES string of the molecule is CCC1C=NC(N)S1. The number of aliphatic imine (C=N–C) groups is 1. The molecule has 0 radical (unpaired) electrons. The molecule has 1 aliphatic rings. The van der Waals surface area contributed by atoms with Crippen molar-refractivity contribution in [3.63, 3.8) is 0 Å². The van der Waals surface area contributed by atoms with Crippen molar-refractivity contribution >= 4 is 18.0 Å². The minimum Gasteiger partial charge on any atom is -0.301 e. The van der Waals surface area contributed by atoms with E-state index in [0.717, 1.165) is 6.42 Å². The Morgan fingerprint density at radius 2 is 2.62 bits per heavy atom. The Kier molecular flexibility index (Phi) is 1.91. The van der Waals surface area contributed by atoms with Crippen molar-refractivity contribution < 1.29 is 0 Å². The molecule has 2 atom stereocenters. The standard InChI is InChI=1S/C5H10N2S/c1-2-4-3-7-5(6)8-4/h3-5H,2,6H2,1H3. The molecule has 0 fully saturated rings. The Labute approximate surface area is 53.6 Å². The van der Waals surface area contributed by atoms with Crippen molar-refractivity contribution in [2.75, 3.05) is 0 Å². The summed E-state index contributed by atoms with van der Waals surface area (Å²) in [6.07, 6.45) is 3.08. The molecule has 0 spiro atoms. The Bertz CT molecular complexity index is 103. The highest BCUT2D eigenvalue weighted by Gasteiger charge is 2.14. The summed E-state index contributed by atoms with van der Waals surface area (Å²) in [4.78, 5) is 4.00. The number of nitrogens with two attached hydrogens (primary N) is 1. The molecule has 46 valence electrons. The summed E-state index contributed by atoms with van der Waals surface area (Å²) in [7, 11) is 0. The summed E-state index contributed by atoms with van der Waals surface area (Å²) < 4.78 is 0. The van der Waals surface area contributed by atoms with E-state index in [1.807, 2.05) is 6.21 Å². The molecule has 8 heavy (non-hydrogen) atoms. The lowest BCUT2D eigenvalue weighted by atomic mass is 10.4. The fourth-order valence-electron chi connectivity index (χ4n) is 0.632. The minimum atomic E-state index is 0.0138. The smallest absolute Gasteiger partial charge is 0.144 e. The fraction of sp³-hybridized carbons (Fsp3) is 0.800. The van der Waals surface area contributed by atoms with Gasteiger partial charge in [0.25, 0.3) is 0 Å². The van der Waals surface area contributed by atoms with Crippen LogP contribution in [0.25, 0.3) is 0 Å². The van der Waals surface area contributed by atoms with Gasteiger partial charge in [-0.1, -0.05) is 6.92 Å². The highest BCUT2D eigenvalue weighted by atomic mass is 32.2. The van der Waals surface area contributed by atoms with E-state index in [0.29, 0.717) is 5.25 Å². The maximum Gasteiger partial charge on any atom is 0.144 e. The average molecular weight is 130 g/mol. The van der Waals surface area contributed by atoms with Crippen molar-refractivity contribution in [3.8, 4) is 0 Å². The molecule has 0 amide bonds. The normalized spacial score (nSPS) is 36.2. The van der Waals surface area contributed by atoms with Gasteiger partial charge in [0, 0.05) is 11.5 Å². The van der Waals surface area contributed by atoms with Gasteiger partial charge in [-0.3, -0.25) is 4.99 Å². The second-order valence-corrected chi connectivity index (χ2v) is 3.13. The number of hydrogen-bond donors (Lipinski definition) is 1. The van der Waals surface area contributed by atoms with Crippen molar-refractivity contribution in [3.05, 3.63) is 0 Å². The summed E-state index contributed by atoms with van der Waals surface area (Å²) in [5, 5.41) is 0.574. The van der Waals surface area contributed by atoms with Crippen LogP contribution in [-0.2, 0) is 0 Å². The first-order valence-corrected chi connectivity index (χ1v) is 3.71. The Morgan fingerprint density at radius 3 is 2.88 bits per heavy atom. The molecular formula is C5H10N2S. The van der Waals surface area contributed by atoms with Crippen LogP contribution in [0, 0.1) is 0 Å². The molecule has 0 aromatic heterocycles. The van der Waals surface area contributed by atoms with Crippen LogP contribution in [0.1, 0.15) is 13.3 Å². The molecule has 0 aromatic carbocycles. The number of thioether (sulfide) groups is 1. The molecule has 0 saturated heterocycles. The first-order chi connectivity index (χ1) is 3.83. The van der Waals surface area contributed by atoms with Gasteiger partial charge in [-0.25, -0.2) is 0 Å². The number of nitrogens with zero attached hydrogens (tertiary/aromatic N) is 1. The van der Waals surface area contributed by atoms with E-state index in [9.17, 15) is 0 Å². The predicted molar refractivity (Wildman–Crippen MR) is 38.1 cm³/mol. The maximum absolute atomic E-state index is 5.47. The van der Waals surface area contributed by atoms with Gasteiger partial charge in [-0.05, 0) is 6.42 Å². The average Bonchev–Trinajstić information content (AvgIpc) is 2.14. The first kappa shape index (κ1) is 6.11. The molecule has 2 N–H and O–H groups in total. The summed E-state index contributed by atoms with van der Waals surface area (Å²) >= 11 is 1.72. The van der Waals surface area contributed by atoms with Crippen LogP contribution >= 0.6 is 11.8 Å². The van der Waals surface area contributed by atoms with Crippen LogP contribution in [0.15, 0.2) is 4.99 Å². The van der Waals surface area contributed by atoms with Crippen LogP contribution in [0.4, 0.5) is 0 Å². The molecular weight excluding hydrogens is 120 g/mol.